The Balaban J connectivity index is 0.00000280. The molecule has 152 valence electrons. The van der Waals surface area contributed by atoms with Gasteiger partial charge >= 0.3 is 0 Å². The lowest BCUT2D eigenvalue weighted by molar-refractivity contribution is 0.255. The average Bonchev–Trinajstić information content (AvgIpc) is 2.75. The molecule has 2 aromatic rings. The van der Waals surface area contributed by atoms with Crippen molar-refractivity contribution in [2.24, 2.45) is 4.99 Å². The zero-order valence-electron chi connectivity index (χ0n) is 16.7. The van der Waals surface area contributed by atoms with E-state index in [4.69, 9.17) is 0 Å². The monoisotopic (exact) mass is 493 g/mol. The molecule has 2 aromatic carbocycles. The summed E-state index contributed by atoms with van der Waals surface area (Å²) in [6, 6.07) is 21.1. The molecule has 5 nitrogen and oxygen atoms in total. The topological polar surface area (TPSA) is 42.9 Å². The average molecular weight is 493 g/mol. The summed E-state index contributed by atoms with van der Waals surface area (Å²) in [5.41, 5.74) is 2.60. The zero-order valence-corrected chi connectivity index (χ0v) is 19.0. The van der Waals surface area contributed by atoms with Crippen molar-refractivity contribution in [2.75, 3.05) is 51.2 Å². The van der Waals surface area contributed by atoms with Crippen molar-refractivity contribution in [1.29, 1.82) is 0 Å². The van der Waals surface area contributed by atoms with Gasteiger partial charge in [-0.15, -0.1) is 24.0 Å². The van der Waals surface area contributed by atoms with Crippen LogP contribution in [-0.4, -0.2) is 57.2 Å². The van der Waals surface area contributed by atoms with Crippen molar-refractivity contribution in [2.45, 2.75) is 13.0 Å². The van der Waals surface area contributed by atoms with Crippen molar-refractivity contribution < 1.29 is 0 Å². The molecule has 28 heavy (non-hydrogen) atoms. The van der Waals surface area contributed by atoms with Crippen LogP contribution < -0.4 is 15.5 Å². The highest BCUT2D eigenvalue weighted by Gasteiger charge is 2.16. The first kappa shape index (κ1) is 22.5. The molecule has 0 saturated carbocycles. The quantitative estimate of drug-likeness (QED) is 0.269. The summed E-state index contributed by atoms with van der Waals surface area (Å²) >= 11 is 0. The van der Waals surface area contributed by atoms with Crippen LogP contribution in [-0.2, 0) is 6.54 Å². The molecule has 0 aromatic heterocycles. The molecular weight excluding hydrogens is 461 g/mol. The van der Waals surface area contributed by atoms with E-state index < -0.39 is 0 Å². The third kappa shape index (κ3) is 7.31. The van der Waals surface area contributed by atoms with E-state index in [2.05, 4.69) is 80.0 Å². The number of rotatable bonds is 7. The number of nitrogens with zero attached hydrogens (tertiary/aromatic N) is 3. The second-order valence-electron chi connectivity index (χ2n) is 6.86. The number of piperazine rings is 1. The summed E-state index contributed by atoms with van der Waals surface area (Å²) in [6.45, 7) is 7.35. The first-order chi connectivity index (χ1) is 13.3. The first-order valence-electron chi connectivity index (χ1n) is 9.86. The second kappa shape index (κ2) is 12.6. The molecule has 0 aliphatic carbocycles. The first-order valence-corrected chi connectivity index (χ1v) is 9.86. The number of benzene rings is 2. The van der Waals surface area contributed by atoms with Gasteiger partial charge in [0.05, 0.1) is 0 Å². The second-order valence-corrected chi connectivity index (χ2v) is 6.86. The minimum atomic E-state index is 0. The maximum atomic E-state index is 4.31. The Hall–Kier alpha value is -1.80. The lowest BCUT2D eigenvalue weighted by atomic mass is 10.2. The molecule has 0 atom stereocenters. The van der Waals surface area contributed by atoms with Gasteiger partial charge in [0, 0.05) is 52.0 Å². The summed E-state index contributed by atoms with van der Waals surface area (Å²) in [6.07, 6.45) is 1.12. The van der Waals surface area contributed by atoms with E-state index in [1.807, 2.05) is 13.1 Å². The number of nitrogens with one attached hydrogen (secondary N) is 2. The van der Waals surface area contributed by atoms with E-state index in [1.165, 1.54) is 11.3 Å². The predicted molar refractivity (Wildman–Crippen MR) is 130 cm³/mol. The predicted octanol–water partition coefficient (Wildman–Crippen LogP) is 3.18. The molecular formula is C22H32IN5. The largest absolute Gasteiger partial charge is 0.369 e. The van der Waals surface area contributed by atoms with Gasteiger partial charge in [0.1, 0.15) is 0 Å². The van der Waals surface area contributed by atoms with Crippen molar-refractivity contribution in [1.82, 2.24) is 15.5 Å². The zero-order chi connectivity index (χ0) is 18.7. The van der Waals surface area contributed by atoms with Crippen LogP contribution in [0, 0.1) is 0 Å². The fourth-order valence-electron chi connectivity index (χ4n) is 3.38. The van der Waals surface area contributed by atoms with Crippen LogP contribution in [0.3, 0.4) is 0 Å². The Morgan fingerprint density at radius 1 is 0.893 bits per heavy atom. The minimum Gasteiger partial charge on any atom is -0.369 e. The summed E-state index contributed by atoms with van der Waals surface area (Å²) < 4.78 is 0. The van der Waals surface area contributed by atoms with E-state index in [0.29, 0.717) is 0 Å². The van der Waals surface area contributed by atoms with Gasteiger partial charge in [0.25, 0.3) is 0 Å². The molecule has 0 unspecified atom stereocenters. The fraction of sp³-hybridized carbons (Fsp3) is 0.409. The van der Waals surface area contributed by atoms with Gasteiger partial charge in [-0.05, 0) is 30.7 Å². The molecule has 1 saturated heterocycles. The Morgan fingerprint density at radius 3 is 2.18 bits per heavy atom. The van der Waals surface area contributed by atoms with Crippen LogP contribution in [0.15, 0.2) is 65.7 Å². The Kier molecular flexibility index (Phi) is 10.1. The van der Waals surface area contributed by atoms with Gasteiger partial charge < -0.3 is 15.5 Å². The third-order valence-corrected chi connectivity index (χ3v) is 4.96. The van der Waals surface area contributed by atoms with Crippen LogP contribution in [0.25, 0.3) is 0 Å². The highest BCUT2D eigenvalue weighted by Crippen LogP contribution is 2.15. The van der Waals surface area contributed by atoms with E-state index >= 15 is 0 Å². The van der Waals surface area contributed by atoms with Gasteiger partial charge in [-0.3, -0.25) is 9.89 Å². The lowest BCUT2D eigenvalue weighted by Gasteiger charge is -2.36. The molecule has 1 aliphatic heterocycles. The molecule has 1 heterocycles. The summed E-state index contributed by atoms with van der Waals surface area (Å²) in [5.74, 6) is 0.868. The normalized spacial score (nSPS) is 15.0. The van der Waals surface area contributed by atoms with E-state index in [0.717, 1.165) is 58.2 Å². The third-order valence-electron chi connectivity index (χ3n) is 4.96. The van der Waals surface area contributed by atoms with Gasteiger partial charge in [-0.1, -0.05) is 48.5 Å². The van der Waals surface area contributed by atoms with Crippen molar-refractivity contribution in [3.63, 3.8) is 0 Å². The number of para-hydroxylation sites is 1. The maximum absolute atomic E-state index is 4.31. The molecule has 2 N–H and O–H groups in total. The number of hydrogen-bond donors (Lipinski definition) is 2. The molecule has 3 rings (SSSR count). The van der Waals surface area contributed by atoms with Gasteiger partial charge in [-0.25, -0.2) is 0 Å². The fourth-order valence-corrected chi connectivity index (χ4v) is 3.38. The number of aliphatic imine (C=N–C) groups is 1. The lowest BCUT2D eigenvalue weighted by Crippen LogP contribution is -2.47. The Bertz CT molecular complexity index is 685. The molecule has 0 amide bonds. The van der Waals surface area contributed by atoms with Crippen molar-refractivity contribution in [3.8, 4) is 0 Å². The van der Waals surface area contributed by atoms with Gasteiger partial charge in [0.15, 0.2) is 5.96 Å². The minimum absolute atomic E-state index is 0. The smallest absolute Gasteiger partial charge is 0.191 e. The maximum Gasteiger partial charge on any atom is 0.191 e. The Morgan fingerprint density at radius 2 is 1.54 bits per heavy atom. The van der Waals surface area contributed by atoms with E-state index in [-0.39, 0.29) is 24.0 Å². The molecule has 1 aliphatic rings. The molecule has 6 heteroatoms. The molecule has 0 radical (unpaired) electrons. The number of halogens is 1. The van der Waals surface area contributed by atoms with Crippen molar-refractivity contribution in [3.05, 3.63) is 66.2 Å². The number of anilines is 1. The Labute approximate surface area is 186 Å². The van der Waals surface area contributed by atoms with Gasteiger partial charge in [0.2, 0.25) is 0 Å². The summed E-state index contributed by atoms with van der Waals surface area (Å²) in [4.78, 5) is 9.34. The van der Waals surface area contributed by atoms with Crippen LogP contribution in [0.1, 0.15) is 12.0 Å². The van der Waals surface area contributed by atoms with Gasteiger partial charge in [-0.2, -0.15) is 0 Å². The van der Waals surface area contributed by atoms with Crippen LogP contribution in [0.4, 0.5) is 5.69 Å². The van der Waals surface area contributed by atoms with E-state index in [1.54, 1.807) is 0 Å². The molecule has 0 bridgehead atoms. The van der Waals surface area contributed by atoms with Crippen LogP contribution >= 0.6 is 24.0 Å². The molecule has 1 fully saturated rings. The standard InChI is InChI=1S/C22H31N5.HI/c1-23-22(25-19-20-9-4-2-5-10-20)24-13-8-14-26-15-17-27(18-16-26)21-11-6-3-7-12-21;/h2-7,9-12H,8,13-19H2,1H3,(H2,23,24,25);1H. The summed E-state index contributed by atoms with van der Waals surface area (Å²) in [7, 11) is 1.82. The van der Waals surface area contributed by atoms with Crippen molar-refractivity contribution >= 4 is 35.6 Å². The van der Waals surface area contributed by atoms with Crippen LogP contribution in [0.2, 0.25) is 0 Å². The SMILES string of the molecule is CN=C(NCCCN1CCN(c2ccccc2)CC1)NCc1ccccc1.I. The highest BCUT2D eigenvalue weighted by atomic mass is 127. The number of guanidine groups is 1. The summed E-state index contributed by atoms with van der Waals surface area (Å²) in [5, 5.41) is 6.78. The molecule has 0 spiro atoms. The highest BCUT2D eigenvalue weighted by molar-refractivity contribution is 14.0. The van der Waals surface area contributed by atoms with Crippen LogP contribution in [0.5, 0.6) is 0 Å². The van der Waals surface area contributed by atoms with E-state index in [9.17, 15) is 0 Å². The number of hydrogen-bond acceptors (Lipinski definition) is 3.